The maximum absolute atomic E-state index is 14.9. The molecule has 1 saturated heterocycles. The smallest absolute Gasteiger partial charge is 0.330 e. The minimum absolute atomic E-state index is 0.00457. The average molecular weight is 466 g/mol. The summed E-state index contributed by atoms with van der Waals surface area (Å²) in [4.78, 5) is 36.7. The SMILES string of the molecule is CC[C@H]1O[C@@H](n2ccc(=O)[nH]c2=O)[C@@H](F)C1OPOCCOCCSC(=O)C(C)C. The van der Waals surface area contributed by atoms with E-state index in [1.807, 2.05) is 20.8 Å². The molecule has 1 aliphatic rings. The van der Waals surface area contributed by atoms with E-state index in [1.165, 1.54) is 18.0 Å². The number of rotatable bonds is 12. The van der Waals surface area contributed by atoms with Crippen molar-refractivity contribution in [2.24, 2.45) is 5.92 Å². The van der Waals surface area contributed by atoms with Crippen LogP contribution in [0.2, 0.25) is 0 Å². The Morgan fingerprint density at radius 1 is 1.37 bits per heavy atom. The van der Waals surface area contributed by atoms with Crippen molar-refractivity contribution >= 4 is 25.9 Å². The molecular weight excluding hydrogens is 438 g/mol. The van der Waals surface area contributed by atoms with Crippen LogP contribution in [0.15, 0.2) is 21.9 Å². The summed E-state index contributed by atoms with van der Waals surface area (Å²) in [7, 11) is -0.416. The van der Waals surface area contributed by atoms with Crippen molar-refractivity contribution in [1.82, 2.24) is 9.55 Å². The third-order valence-electron chi connectivity index (χ3n) is 4.31. The molecule has 9 nitrogen and oxygen atoms in total. The van der Waals surface area contributed by atoms with Crippen molar-refractivity contribution in [1.29, 1.82) is 0 Å². The van der Waals surface area contributed by atoms with Crippen molar-refractivity contribution in [3.63, 3.8) is 0 Å². The van der Waals surface area contributed by atoms with Crippen molar-refractivity contribution in [3.05, 3.63) is 33.1 Å². The fourth-order valence-corrected chi connectivity index (χ4v) is 4.08. The molecule has 30 heavy (non-hydrogen) atoms. The Kier molecular flexibility index (Phi) is 10.6. The lowest BCUT2D eigenvalue weighted by molar-refractivity contribution is -0.113. The van der Waals surface area contributed by atoms with E-state index >= 15 is 0 Å². The minimum atomic E-state index is -1.60. The number of thioether (sulfide) groups is 1. The van der Waals surface area contributed by atoms with E-state index < -0.39 is 44.9 Å². The number of aromatic amines is 1. The van der Waals surface area contributed by atoms with Crippen LogP contribution in [0.5, 0.6) is 0 Å². The Morgan fingerprint density at radius 3 is 2.80 bits per heavy atom. The number of nitrogens with zero attached hydrogens (tertiary/aromatic N) is 1. The zero-order valence-corrected chi connectivity index (χ0v) is 19.0. The van der Waals surface area contributed by atoms with Gasteiger partial charge in [-0.2, -0.15) is 0 Å². The van der Waals surface area contributed by atoms with Crippen molar-refractivity contribution in [2.75, 3.05) is 25.6 Å². The van der Waals surface area contributed by atoms with Gasteiger partial charge in [0.15, 0.2) is 26.5 Å². The summed E-state index contributed by atoms with van der Waals surface area (Å²) in [5.74, 6) is 0.590. The number of halogens is 1. The summed E-state index contributed by atoms with van der Waals surface area (Å²) in [5.41, 5.74) is -1.30. The number of aromatic nitrogens is 2. The number of nitrogens with one attached hydrogen (secondary N) is 1. The molecule has 0 amide bonds. The molecule has 0 aliphatic carbocycles. The number of H-pyrrole nitrogens is 1. The molecular formula is C18H28FN2O7PS. The van der Waals surface area contributed by atoms with Gasteiger partial charge in [-0.15, -0.1) is 0 Å². The summed E-state index contributed by atoms with van der Waals surface area (Å²) < 4.78 is 37.8. The molecule has 1 N–H and O–H groups in total. The molecule has 1 aromatic rings. The van der Waals surface area contributed by atoms with E-state index in [1.54, 1.807) is 0 Å². The van der Waals surface area contributed by atoms with Crippen LogP contribution in [-0.4, -0.2) is 58.6 Å². The molecule has 1 aromatic heterocycles. The zero-order chi connectivity index (χ0) is 22.1. The molecule has 2 rings (SSSR count). The molecule has 5 atom stereocenters. The number of hydrogen-bond donors (Lipinski definition) is 1. The molecule has 0 radical (unpaired) electrons. The van der Waals surface area contributed by atoms with Crippen LogP contribution in [0, 0.1) is 5.92 Å². The van der Waals surface area contributed by atoms with E-state index in [-0.39, 0.29) is 17.6 Å². The number of ether oxygens (including phenoxy) is 2. The summed E-state index contributed by atoms with van der Waals surface area (Å²) in [6.45, 7) is 6.57. The second-order valence-electron chi connectivity index (χ2n) is 6.88. The van der Waals surface area contributed by atoms with Gasteiger partial charge in [-0.25, -0.2) is 9.18 Å². The summed E-state index contributed by atoms with van der Waals surface area (Å²) in [6, 6.07) is 1.13. The van der Waals surface area contributed by atoms with Crippen LogP contribution in [0.1, 0.15) is 33.4 Å². The van der Waals surface area contributed by atoms with Crippen LogP contribution in [0.25, 0.3) is 0 Å². The second-order valence-corrected chi connectivity index (χ2v) is 8.67. The maximum atomic E-state index is 14.9. The molecule has 170 valence electrons. The third-order valence-corrected chi connectivity index (χ3v) is 6.13. The Hall–Kier alpha value is -1.10. The Morgan fingerprint density at radius 2 is 2.13 bits per heavy atom. The fraction of sp³-hybridized carbons (Fsp3) is 0.722. The number of carbonyl (C=O) groups is 1. The van der Waals surface area contributed by atoms with Crippen LogP contribution in [0.3, 0.4) is 0 Å². The van der Waals surface area contributed by atoms with E-state index in [2.05, 4.69) is 4.98 Å². The van der Waals surface area contributed by atoms with E-state index in [0.29, 0.717) is 25.4 Å². The van der Waals surface area contributed by atoms with E-state index in [4.69, 9.17) is 18.5 Å². The Labute approximate surface area is 179 Å². The lowest BCUT2D eigenvalue weighted by atomic mass is 10.1. The number of hydrogen-bond acceptors (Lipinski definition) is 8. The van der Waals surface area contributed by atoms with Gasteiger partial charge < -0.3 is 18.5 Å². The lowest BCUT2D eigenvalue weighted by Crippen LogP contribution is -2.35. The van der Waals surface area contributed by atoms with Gasteiger partial charge >= 0.3 is 5.69 Å². The van der Waals surface area contributed by atoms with Crippen LogP contribution < -0.4 is 11.2 Å². The van der Waals surface area contributed by atoms with E-state index in [9.17, 15) is 18.8 Å². The molecule has 0 aromatic carbocycles. The minimum Gasteiger partial charge on any atom is -0.378 e. The second kappa shape index (κ2) is 12.7. The summed E-state index contributed by atoms with van der Waals surface area (Å²) in [6.07, 6.45) is -2.52. The summed E-state index contributed by atoms with van der Waals surface area (Å²) >= 11 is 1.25. The predicted octanol–water partition coefficient (Wildman–Crippen LogP) is 2.02. The van der Waals surface area contributed by atoms with Gasteiger partial charge in [0.2, 0.25) is 0 Å². The number of alkyl halides is 1. The molecule has 2 heterocycles. The predicted molar refractivity (Wildman–Crippen MR) is 113 cm³/mol. The highest BCUT2D eigenvalue weighted by molar-refractivity contribution is 8.13. The van der Waals surface area contributed by atoms with Crippen molar-refractivity contribution in [2.45, 2.75) is 51.8 Å². The molecule has 1 fully saturated rings. The topological polar surface area (TPSA) is 109 Å². The molecule has 12 heteroatoms. The largest absolute Gasteiger partial charge is 0.378 e. The van der Waals surface area contributed by atoms with Gasteiger partial charge in [-0.3, -0.25) is 19.1 Å². The van der Waals surface area contributed by atoms with E-state index in [0.717, 1.165) is 10.6 Å². The van der Waals surface area contributed by atoms with Crippen LogP contribution >= 0.6 is 20.8 Å². The highest BCUT2D eigenvalue weighted by atomic mass is 32.2. The lowest BCUT2D eigenvalue weighted by Gasteiger charge is -2.18. The Balaban J connectivity index is 1.70. The van der Waals surface area contributed by atoms with Gasteiger partial charge in [-0.1, -0.05) is 32.5 Å². The monoisotopic (exact) mass is 466 g/mol. The van der Waals surface area contributed by atoms with Crippen molar-refractivity contribution in [3.8, 4) is 0 Å². The molecule has 2 unspecified atom stereocenters. The standard InChI is InChI=1S/C18H28FN2O7PS/c1-4-12-15(14(19)16(27-12)21-6-5-13(22)20-18(21)24)28-29-26-8-7-25-9-10-30-17(23)11(2)3/h5-6,11-12,14-16,29H,4,7-10H2,1-3H3,(H,20,22,24)/t12-,14+,15?,16-/m1/s1. The fourth-order valence-electron chi connectivity index (χ4n) is 2.72. The maximum Gasteiger partial charge on any atom is 0.330 e. The average Bonchev–Trinajstić information content (AvgIpc) is 3.02. The van der Waals surface area contributed by atoms with Gasteiger partial charge in [0.05, 0.1) is 25.9 Å². The molecule has 0 bridgehead atoms. The normalized spacial score (nSPS) is 24.3. The molecule has 0 saturated carbocycles. The first kappa shape index (κ1) is 25.2. The third kappa shape index (κ3) is 7.25. The van der Waals surface area contributed by atoms with Crippen molar-refractivity contribution < 1.29 is 27.7 Å². The highest BCUT2D eigenvalue weighted by Gasteiger charge is 2.46. The molecule has 0 spiro atoms. The summed E-state index contributed by atoms with van der Waals surface area (Å²) in [5, 5.41) is 0.136. The van der Waals surface area contributed by atoms with Gasteiger partial charge in [-0.05, 0) is 6.42 Å². The zero-order valence-electron chi connectivity index (χ0n) is 17.2. The van der Waals surface area contributed by atoms with Crippen LogP contribution in [-0.2, 0) is 23.3 Å². The number of carbonyl (C=O) groups excluding carboxylic acids is 1. The van der Waals surface area contributed by atoms with Gasteiger partial charge in [0.25, 0.3) is 5.56 Å². The van der Waals surface area contributed by atoms with Gasteiger partial charge in [0.1, 0.15) is 6.10 Å². The molecule has 1 aliphatic heterocycles. The van der Waals surface area contributed by atoms with Gasteiger partial charge in [0, 0.05) is 23.9 Å². The Bertz CT molecular complexity index is 790. The first-order chi connectivity index (χ1) is 14.3. The first-order valence-electron chi connectivity index (χ1n) is 9.73. The first-order valence-corrected chi connectivity index (χ1v) is 11.5. The van der Waals surface area contributed by atoms with Crippen LogP contribution in [0.4, 0.5) is 4.39 Å². The quantitative estimate of drug-likeness (QED) is 0.368. The highest BCUT2D eigenvalue weighted by Crippen LogP contribution is 2.37.